The van der Waals surface area contributed by atoms with Gasteiger partial charge in [-0.15, -0.1) is 0 Å². The Morgan fingerprint density at radius 2 is 1.62 bits per heavy atom. The molecule has 0 atom stereocenters. The fourth-order valence-corrected chi connectivity index (χ4v) is 4.04. The van der Waals surface area contributed by atoms with Crippen molar-refractivity contribution in [2.75, 3.05) is 5.32 Å². The van der Waals surface area contributed by atoms with Crippen molar-refractivity contribution in [1.82, 2.24) is 0 Å². The minimum atomic E-state index is -0.491. The Bertz CT molecular complexity index is 715. The predicted octanol–water partition coefficient (Wildman–Crippen LogP) is 3.85. The molecule has 0 radical (unpaired) electrons. The van der Waals surface area contributed by atoms with Gasteiger partial charge in [-0.2, -0.15) is 0 Å². The van der Waals surface area contributed by atoms with Crippen LogP contribution in [0.5, 0.6) is 0 Å². The number of primary amides is 1. The number of carbonyl (C=O) groups excluding carboxylic acids is 2. The third kappa shape index (κ3) is 4.28. The van der Waals surface area contributed by atoms with Crippen molar-refractivity contribution in [3.63, 3.8) is 0 Å². The molecule has 0 heterocycles. The number of amides is 2. The molecular formula is C14H9I3N2O2. The van der Waals surface area contributed by atoms with Gasteiger partial charge in [-0.1, -0.05) is 0 Å². The van der Waals surface area contributed by atoms with E-state index in [-0.39, 0.29) is 5.91 Å². The molecular weight excluding hydrogens is 609 g/mol. The molecule has 2 aromatic rings. The zero-order valence-corrected chi connectivity index (χ0v) is 17.0. The summed E-state index contributed by atoms with van der Waals surface area (Å²) in [5.41, 5.74) is 6.84. The number of hydrogen-bond donors (Lipinski definition) is 2. The van der Waals surface area contributed by atoms with Crippen LogP contribution in [-0.2, 0) is 0 Å². The fraction of sp³-hybridized carbons (Fsp3) is 0. The van der Waals surface area contributed by atoms with Gasteiger partial charge in [0.1, 0.15) is 0 Å². The molecule has 0 spiro atoms. The van der Waals surface area contributed by atoms with Crippen LogP contribution in [0, 0.1) is 10.7 Å². The first-order chi connectivity index (χ1) is 9.88. The van der Waals surface area contributed by atoms with Crippen LogP contribution in [0.15, 0.2) is 36.4 Å². The van der Waals surface area contributed by atoms with Crippen molar-refractivity contribution in [3.05, 3.63) is 58.2 Å². The summed E-state index contributed by atoms with van der Waals surface area (Å²) >= 11 is 6.55. The number of nitrogens with two attached hydrogens (primary N) is 1. The molecule has 0 fully saturated rings. The third-order valence-corrected chi connectivity index (χ3v) is 6.33. The molecule has 0 aliphatic heterocycles. The van der Waals surface area contributed by atoms with Gasteiger partial charge < -0.3 is 11.1 Å². The summed E-state index contributed by atoms with van der Waals surface area (Å²) < 4.78 is 2.96. The van der Waals surface area contributed by atoms with Crippen LogP contribution in [0.1, 0.15) is 20.7 Å². The monoisotopic (exact) mass is 618 g/mol. The van der Waals surface area contributed by atoms with E-state index in [0.717, 1.165) is 10.7 Å². The van der Waals surface area contributed by atoms with E-state index in [2.05, 4.69) is 73.1 Å². The highest BCUT2D eigenvalue weighted by Crippen LogP contribution is 2.23. The minimum absolute atomic E-state index is 0.178. The van der Waals surface area contributed by atoms with Gasteiger partial charge in [0.25, 0.3) is 5.91 Å². The number of rotatable bonds is 3. The first-order valence-electron chi connectivity index (χ1n) is 5.74. The normalized spacial score (nSPS) is 10.2. The van der Waals surface area contributed by atoms with E-state index in [1.807, 2.05) is 12.1 Å². The summed E-state index contributed by atoms with van der Waals surface area (Å²) in [6.45, 7) is 0. The van der Waals surface area contributed by atoms with Gasteiger partial charge in [-0.05, 0) is 104 Å². The van der Waals surface area contributed by atoms with Gasteiger partial charge in [-0.25, -0.2) is 0 Å². The molecule has 2 rings (SSSR count). The van der Waals surface area contributed by atoms with Crippen molar-refractivity contribution < 1.29 is 9.59 Å². The molecule has 0 unspecified atom stereocenters. The molecule has 21 heavy (non-hydrogen) atoms. The first-order valence-corrected chi connectivity index (χ1v) is 8.98. The number of nitrogens with one attached hydrogen (secondary N) is 1. The van der Waals surface area contributed by atoms with E-state index < -0.39 is 5.91 Å². The van der Waals surface area contributed by atoms with Gasteiger partial charge in [-0.3, -0.25) is 9.59 Å². The Hall–Kier alpha value is -0.430. The predicted molar refractivity (Wildman–Crippen MR) is 108 cm³/mol. The van der Waals surface area contributed by atoms with Crippen LogP contribution in [0.3, 0.4) is 0 Å². The number of carbonyl (C=O) groups is 2. The van der Waals surface area contributed by atoms with E-state index in [1.54, 1.807) is 24.3 Å². The molecule has 0 aliphatic carbocycles. The summed E-state index contributed by atoms with van der Waals surface area (Å²) in [7, 11) is 0. The molecule has 7 heteroatoms. The van der Waals surface area contributed by atoms with Crippen LogP contribution in [0.2, 0.25) is 0 Å². The average molecular weight is 618 g/mol. The Balaban J connectivity index is 2.24. The van der Waals surface area contributed by atoms with Crippen molar-refractivity contribution in [3.8, 4) is 0 Å². The molecule has 2 aromatic carbocycles. The largest absolute Gasteiger partial charge is 0.366 e. The molecule has 2 amide bonds. The third-order valence-electron chi connectivity index (χ3n) is 2.66. The van der Waals surface area contributed by atoms with Gasteiger partial charge in [0.2, 0.25) is 5.91 Å². The van der Waals surface area contributed by atoms with Crippen molar-refractivity contribution in [2.45, 2.75) is 0 Å². The molecule has 0 saturated carbocycles. The Morgan fingerprint density at radius 1 is 1.00 bits per heavy atom. The molecule has 4 nitrogen and oxygen atoms in total. The quantitative estimate of drug-likeness (QED) is 0.406. The minimum Gasteiger partial charge on any atom is -0.366 e. The second-order valence-corrected chi connectivity index (χ2v) is 7.63. The summed E-state index contributed by atoms with van der Waals surface area (Å²) in [6, 6.07) is 10.3. The van der Waals surface area contributed by atoms with Crippen LogP contribution >= 0.6 is 67.8 Å². The van der Waals surface area contributed by atoms with Gasteiger partial charge in [0.15, 0.2) is 0 Å². The highest BCUT2D eigenvalue weighted by atomic mass is 127. The lowest BCUT2D eigenvalue weighted by atomic mass is 10.2. The lowest BCUT2D eigenvalue weighted by Gasteiger charge is -2.09. The maximum Gasteiger partial charge on any atom is 0.256 e. The zero-order valence-electron chi connectivity index (χ0n) is 10.5. The molecule has 3 N–H and O–H groups in total. The van der Waals surface area contributed by atoms with Crippen LogP contribution in [-0.4, -0.2) is 11.8 Å². The summed E-state index contributed by atoms with van der Waals surface area (Å²) in [6.07, 6.45) is 0. The molecule has 108 valence electrons. The molecule has 0 bridgehead atoms. The Kier molecular flexibility index (Phi) is 5.82. The van der Waals surface area contributed by atoms with E-state index in [1.165, 1.54) is 0 Å². The zero-order chi connectivity index (χ0) is 15.6. The first kappa shape index (κ1) is 16.9. The number of anilines is 1. The number of halogens is 3. The molecule has 0 aliphatic rings. The van der Waals surface area contributed by atoms with E-state index in [4.69, 9.17) is 5.73 Å². The maximum atomic E-state index is 12.3. The second-order valence-electron chi connectivity index (χ2n) is 4.14. The highest BCUT2D eigenvalue weighted by molar-refractivity contribution is 14.1. The second kappa shape index (κ2) is 7.22. The number of benzene rings is 2. The summed E-state index contributed by atoms with van der Waals surface area (Å²) in [5, 5.41) is 2.82. The number of hydrogen-bond acceptors (Lipinski definition) is 2. The van der Waals surface area contributed by atoms with Crippen molar-refractivity contribution in [2.24, 2.45) is 5.73 Å². The smallest absolute Gasteiger partial charge is 0.256 e. The lowest BCUT2D eigenvalue weighted by molar-refractivity contribution is 0.0998. The van der Waals surface area contributed by atoms with Gasteiger partial charge >= 0.3 is 0 Å². The standard InChI is InChI=1S/C14H9I3N2O2/c15-8-5-10(12(17)11(16)6-8)14(21)19-9-3-1-7(2-4-9)13(18)20/h1-6H,(H2,18,20)(H,19,21). The fourth-order valence-electron chi connectivity index (χ4n) is 1.64. The average Bonchev–Trinajstić information content (AvgIpc) is 2.43. The van der Waals surface area contributed by atoms with Gasteiger partial charge in [0.05, 0.1) is 5.56 Å². The molecule has 0 saturated heterocycles. The highest BCUT2D eigenvalue weighted by Gasteiger charge is 2.14. The summed E-state index contributed by atoms with van der Waals surface area (Å²) in [5.74, 6) is -0.669. The Labute approximate surface area is 162 Å². The van der Waals surface area contributed by atoms with E-state index in [9.17, 15) is 9.59 Å². The van der Waals surface area contributed by atoms with E-state index in [0.29, 0.717) is 16.8 Å². The Morgan fingerprint density at radius 3 is 2.19 bits per heavy atom. The molecule has 0 aromatic heterocycles. The van der Waals surface area contributed by atoms with Crippen LogP contribution in [0.25, 0.3) is 0 Å². The maximum absolute atomic E-state index is 12.3. The topological polar surface area (TPSA) is 72.2 Å². The van der Waals surface area contributed by atoms with Crippen LogP contribution in [0.4, 0.5) is 5.69 Å². The van der Waals surface area contributed by atoms with Crippen LogP contribution < -0.4 is 11.1 Å². The van der Waals surface area contributed by atoms with Crippen molar-refractivity contribution >= 4 is 85.3 Å². The summed E-state index contributed by atoms with van der Waals surface area (Å²) in [4.78, 5) is 23.4. The van der Waals surface area contributed by atoms with E-state index >= 15 is 0 Å². The van der Waals surface area contributed by atoms with Crippen molar-refractivity contribution in [1.29, 1.82) is 0 Å². The lowest BCUT2D eigenvalue weighted by Crippen LogP contribution is -2.15. The van der Waals surface area contributed by atoms with Gasteiger partial charge in [0, 0.05) is 22.0 Å². The SMILES string of the molecule is NC(=O)c1ccc(NC(=O)c2cc(I)cc(I)c2I)cc1.